The van der Waals surface area contributed by atoms with Crippen LogP contribution in [0.4, 0.5) is 5.69 Å². The molecule has 5 nitrogen and oxygen atoms in total. The Morgan fingerprint density at radius 2 is 2.10 bits per heavy atom. The van der Waals surface area contributed by atoms with Gasteiger partial charge in [0.2, 0.25) is 11.8 Å². The Kier molecular flexibility index (Phi) is 5.72. The standard InChI is InChI=1S/C16H23N3O2/c1-12(16(21)19-14-8-5-9-17-11-14)18-15(20)10-13-6-3-2-4-7-13/h5,8-9,11-13H,2-4,6-7,10H2,1H3,(H,18,20)(H,19,21)/t12-/m1/s1. The predicted molar refractivity (Wildman–Crippen MR) is 81.7 cm³/mol. The van der Waals surface area contributed by atoms with E-state index >= 15 is 0 Å². The summed E-state index contributed by atoms with van der Waals surface area (Å²) in [7, 11) is 0. The fourth-order valence-corrected chi connectivity index (χ4v) is 2.71. The Labute approximate surface area is 125 Å². The molecule has 0 aliphatic heterocycles. The lowest BCUT2D eigenvalue weighted by Gasteiger charge is -2.22. The normalized spacial score (nSPS) is 17.0. The van der Waals surface area contributed by atoms with E-state index in [1.54, 1.807) is 31.5 Å². The SMILES string of the molecule is C[C@@H](NC(=O)CC1CCCCC1)C(=O)Nc1cccnc1. The molecule has 1 aromatic rings. The van der Waals surface area contributed by atoms with Crippen LogP contribution >= 0.6 is 0 Å². The molecular weight excluding hydrogens is 266 g/mol. The number of anilines is 1. The molecule has 21 heavy (non-hydrogen) atoms. The van der Waals surface area contributed by atoms with Gasteiger partial charge in [0.25, 0.3) is 0 Å². The maximum Gasteiger partial charge on any atom is 0.246 e. The molecule has 1 heterocycles. The largest absolute Gasteiger partial charge is 0.345 e. The van der Waals surface area contributed by atoms with Gasteiger partial charge < -0.3 is 10.6 Å². The third-order valence-electron chi connectivity index (χ3n) is 3.90. The molecule has 114 valence electrons. The van der Waals surface area contributed by atoms with E-state index < -0.39 is 6.04 Å². The van der Waals surface area contributed by atoms with Gasteiger partial charge in [0.15, 0.2) is 0 Å². The van der Waals surface area contributed by atoms with Crippen LogP contribution in [0.1, 0.15) is 45.4 Å². The van der Waals surface area contributed by atoms with Crippen molar-refractivity contribution in [2.75, 3.05) is 5.32 Å². The van der Waals surface area contributed by atoms with Crippen LogP contribution in [0.2, 0.25) is 0 Å². The molecule has 1 aliphatic rings. The zero-order valence-electron chi connectivity index (χ0n) is 12.5. The number of rotatable bonds is 5. The van der Waals surface area contributed by atoms with E-state index in [9.17, 15) is 9.59 Å². The molecule has 0 unspecified atom stereocenters. The lowest BCUT2D eigenvalue weighted by molar-refractivity contribution is -0.126. The molecule has 2 rings (SSSR count). The molecule has 0 radical (unpaired) electrons. The van der Waals surface area contributed by atoms with Gasteiger partial charge in [-0.05, 0) is 37.8 Å². The molecular formula is C16H23N3O2. The first-order chi connectivity index (χ1) is 10.1. The van der Waals surface area contributed by atoms with E-state index in [0.717, 1.165) is 12.8 Å². The summed E-state index contributed by atoms with van der Waals surface area (Å²) in [6, 6.07) is 2.98. The van der Waals surface area contributed by atoms with Gasteiger partial charge in [0.05, 0.1) is 11.9 Å². The van der Waals surface area contributed by atoms with E-state index in [1.807, 2.05) is 0 Å². The van der Waals surface area contributed by atoms with Crippen molar-refractivity contribution in [1.29, 1.82) is 0 Å². The van der Waals surface area contributed by atoms with E-state index in [4.69, 9.17) is 0 Å². The lowest BCUT2D eigenvalue weighted by Crippen LogP contribution is -2.42. The highest BCUT2D eigenvalue weighted by Gasteiger charge is 2.20. The number of carbonyl (C=O) groups is 2. The fourth-order valence-electron chi connectivity index (χ4n) is 2.71. The second-order valence-electron chi connectivity index (χ2n) is 5.73. The van der Waals surface area contributed by atoms with E-state index in [2.05, 4.69) is 15.6 Å². The van der Waals surface area contributed by atoms with Crippen LogP contribution < -0.4 is 10.6 Å². The van der Waals surface area contributed by atoms with Crippen molar-refractivity contribution in [1.82, 2.24) is 10.3 Å². The molecule has 2 N–H and O–H groups in total. The number of hydrogen-bond donors (Lipinski definition) is 2. The second kappa shape index (κ2) is 7.76. The fraction of sp³-hybridized carbons (Fsp3) is 0.562. The smallest absolute Gasteiger partial charge is 0.246 e. The van der Waals surface area contributed by atoms with Gasteiger partial charge in [-0.25, -0.2) is 0 Å². The average Bonchev–Trinajstić information content (AvgIpc) is 2.49. The minimum absolute atomic E-state index is 0.0317. The summed E-state index contributed by atoms with van der Waals surface area (Å²) in [5.41, 5.74) is 0.635. The Bertz CT molecular complexity index is 470. The van der Waals surface area contributed by atoms with Crippen LogP contribution in [-0.2, 0) is 9.59 Å². The van der Waals surface area contributed by atoms with Crippen molar-refractivity contribution in [3.05, 3.63) is 24.5 Å². The van der Waals surface area contributed by atoms with E-state index in [1.165, 1.54) is 19.3 Å². The molecule has 0 bridgehead atoms. The van der Waals surface area contributed by atoms with Crippen molar-refractivity contribution in [3.63, 3.8) is 0 Å². The predicted octanol–water partition coefficient (Wildman–Crippen LogP) is 2.50. The Morgan fingerprint density at radius 1 is 1.33 bits per heavy atom. The maximum absolute atomic E-state index is 12.0. The summed E-state index contributed by atoms with van der Waals surface area (Å²) < 4.78 is 0. The summed E-state index contributed by atoms with van der Waals surface area (Å²) in [6.45, 7) is 1.70. The number of nitrogens with one attached hydrogen (secondary N) is 2. The van der Waals surface area contributed by atoms with Crippen molar-refractivity contribution in [2.24, 2.45) is 5.92 Å². The summed E-state index contributed by atoms with van der Waals surface area (Å²) in [5.74, 6) is 0.225. The number of hydrogen-bond acceptors (Lipinski definition) is 3. The van der Waals surface area contributed by atoms with Gasteiger partial charge in [0.1, 0.15) is 6.04 Å². The number of pyridine rings is 1. The Hall–Kier alpha value is -1.91. The minimum atomic E-state index is -0.540. The zero-order chi connectivity index (χ0) is 15.1. The van der Waals surface area contributed by atoms with Crippen LogP contribution in [0.15, 0.2) is 24.5 Å². The summed E-state index contributed by atoms with van der Waals surface area (Å²) >= 11 is 0. The molecule has 1 atom stereocenters. The molecule has 1 saturated carbocycles. The quantitative estimate of drug-likeness (QED) is 0.875. The molecule has 1 aliphatic carbocycles. The first kappa shape index (κ1) is 15.5. The van der Waals surface area contributed by atoms with E-state index in [0.29, 0.717) is 18.0 Å². The highest BCUT2D eigenvalue weighted by molar-refractivity contribution is 5.96. The number of nitrogens with zero attached hydrogens (tertiary/aromatic N) is 1. The van der Waals surface area contributed by atoms with Gasteiger partial charge in [0, 0.05) is 12.6 Å². The minimum Gasteiger partial charge on any atom is -0.345 e. The van der Waals surface area contributed by atoms with Gasteiger partial charge in [-0.2, -0.15) is 0 Å². The molecule has 5 heteroatoms. The number of amides is 2. The molecule has 1 fully saturated rings. The first-order valence-electron chi connectivity index (χ1n) is 7.65. The van der Waals surface area contributed by atoms with Crippen LogP contribution in [0.3, 0.4) is 0 Å². The van der Waals surface area contributed by atoms with Gasteiger partial charge in [-0.3, -0.25) is 14.6 Å². The van der Waals surface area contributed by atoms with Crippen LogP contribution in [0, 0.1) is 5.92 Å². The van der Waals surface area contributed by atoms with Crippen molar-refractivity contribution >= 4 is 17.5 Å². The third kappa shape index (κ3) is 5.17. The Balaban J connectivity index is 1.75. The van der Waals surface area contributed by atoms with Gasteiger partial charge >= 0.3 is 0 Å². The Morgan fingerprint density at radius 3 is 2.76 bits per heavy atom. The third-order valence-corrected chi connectivity index (χ3v) is 3.90. The van der Waals surface area contributed by atoms with E-state index in [-0.39, 0.29) is 11.8 Å². The molecule has 2 amide bonds. The van der Waals surface area contributed by atoms with Crippen molar-refractivity contribution in [2.45, 2.75) is 51.5 Å². The topological polar surface area (TPSA) is 71.1 Å². The highest BCUT2D eigenvalue weighted by atomic mass is 16.2. The summed E-state index contributed by atoms with van der Waals surface area (Å²) in [6.07, 6.45) is 9.73. The van der Waals surface area contributed by atoms with Gasteiger partial charge in [-0.1, -0.05) is 19.3 Å². The zero-order valence-corrected chi connectivity index (χ0v) is 12.5. The second-order valence-corrected chi connectivity index (χ2v) is 5.73. The molecule has 0 aromatic carbocycles. The lowest BCUT2D eigenvalue weighted by atomic mass is 9.87. The molecule has 0 spiro atoms. The van der Waals surface area contributed by atoms with Crippen LogP contribution in [0.5, 0.6) is 0 Å². The molecule has 0 saturated heterocycles. The van der Waals surface area contributed by atoms with Crippen molar-refractivity contribution in [3.8, 4) is 0 Å². The van der Waals surface area contributed by atoms with Gasteiger partial charge in [-0.15, -0.1) is 0 Å². The monoisotopic (exact) mass is 289 g/mol. The maximum atomic E-state index is 12.0. The van der Waals surface area contributed by atoms with Crippen LogP contribution in [-0.4, -0.2) is 22.8 Å². The highest BCUT2D eigenvalue weighted by Crippen LogP contribution is 2.26. The first-order valence-corrected chi connectivity index (χ1v) is 7.65. The van der Waals surface area contributed by atoms with Crippen LogP contribution in [0.25, 0.3) is 0 Å². The van der Waals surface area contributed by atoms with Crippen molar-refractivity contribution < 1.29 is 9.59 Å². The average molecular weight is 289 g/mol. The molecule has 1 aromatic heterocycles. The number of aromatic nitrogens is 1. The number of carbonyl (C=O) groups excluding carboxylic acids is 2. The summed E-state index contributed by atoms with van der Waals surface area (Å²) in [5, 5.41) is 5.51. The summed E-state index contributed by atoms with van der Waals surface area (Å²) in [4.78, 5) is 27.9.